The number of benzene rings is 1. The Hall–Kier alpha value is -1.30. The second-order valence-electron chi connectivity index (χ2n) is 6.92. The lowest BCUT2D eigenvalue weighted by atomic mass is 9.84. The number of hydrogen-bond acceptors (Lipinski definition) is 5. The van der Waals surface area contributed by atoms with Gasteiger partial charge in [-0.05, 0) is 69.1 Å². The van der Waals surface area contributed by atoms with Crippen LogP contribution in [0, 0.1) is 5.92 Å². The standard InChI is InChI=1S/C19H31N3O2/c1-23-18-5-4-15(12-19(18)24-2)13-20-8-3-9-21-17-14-22-10-6-16(17)7-11-22/h4-5,12,16-17,20-21H,3,6-11,13-14H2,1-2H3. The number of rotatable bonds is 9. The van der Waals surface area contributed by atoms with Crippen LogP contribution in [0.5, 0.6) is 11.5 Å². The van der Waals surface area contributed by atoms with E-state index in [1.54, 1.807) is 14.2 Å². The van der Waals surface area contributed by atoms with Crippen LogP contribution in [-0.2, 0) is 6.54 Å². The van der Waals surface area contributed by atoms with Crippen LogP contribution < -0.4 is 20.1 Å². The van der Waals surface area contributed by atoms with Gasteiger partial charge in [0.15, 0.2) is 11.5 Å². The number of fused-ring (bicyclic) bond motifs is 3. The van der Waals surface area contributed by atoms with E-state index in [1.165, 1.54) is 38.0 Å². The maximum atomic E-state index is 5.35. The first-order chi connectivity index (χ1) is 11.8. The largest absolute Gasteiger partial charge is 0.493 e. The SMILES string of the molecule is COc1ccc(CNCCCNC2CN3CCC2CC3)cc1OC. The Bertz CT molecular complexity index is 515. The van der Waals surface area contributed by atoms with Gasteiger partial charge in [-0.3, -0.25) is 0 Å². The quantitative estimate of drug-likeness (QED) is 0.676. The molecular formula is C19H31N3O2. The Morgan fingerprint density at radius 3 is 2.54 bits per heavy atom. The first kappa shape index (κ1) is 17.5. The van der Waals surface area contributed by atoms with Crippen molar-refractivity contribution in [2.24, 2.45) is 5.92 Å². The van der Waals surface area contributed by atoms with Crippen LogP contribution >= 0.6 is 0 Å². The van der Waals surface area contributed by atoms with Crippen LogP contribution in [0.3, 0.4) is 0 Å². The molecule has 3 saturated heterocycles. The van der Waals surface area contributed by atoms with E-state index < -0.39 is 0 Å². The maximum absolute atomic E-state index is 5.35. The van der Waals surface area contributed by atoms with Crippen LogP contribution in [0.2, 0.25) is 0 Å². The monoisotopic (exact) mass is 333 g/mol. The molecule has 3 fully saturated rings. The first-order valence-electron chi connectivity index (χ1n) is 9.17. The lowest BCUT2D eigenvalue weighted by Crippen LogP contribution is -2.56. The van der Waals surface area contributed by atoms with Gasteiger partial charge in [-0.2, -0.15) is 0 Å². The first-order valence-corrected chi connectivity index (χ1v) is 9.17. The minimum absolute atomic E-state index is 0.721. The van der Waals surface area contributed by atoms with E-state index >= 15 is 0 Å². The van der Waals surface area contributed by atoms with Crippen molar-refractivity contribution in [2.45, 2.75) is 31.8 Å². The van der Waals surface area contributed by atoms with Crippen LogP contribution in [0.25, 0.3) is 0 Å². The van der Waals surface area contributed by atoms with Gasteiger partial charge in [0.05, 0.1) is 14.2 Å². The Kier molecular flexibility index (Phi) is 6.35. The summed E-state index contributed by atoms with van der Waals surface area (Å²) >= 11 is 0. The molecule has 3 heterocycles. The van der Waals surface area contributed by atoms with E-state index in [0.717, 1.165) is 49.5 Å². The van der Waals surface area contributed by atoms with E-state index in [0.29, 0.717) is 0 Å². The molecule has 1 unspecified atom stereocenters. The van der Waals surface area contributed by atoms with E-state index in [2.05, 4.69) is 21.6 Å². The highest BCUT2D eigenvalue weighted by Gasteiger charge is 2.33. The van der Waals surface area contributed by atoms with Gasteiger partial charge in [0, 0.05) is 19.1 Å². The maximum Gasteiger partial charge on any atom is 0.161 e. The Morgan fingerprint density at radius 1 is 1.08 bits per heavy atom. The molecule has 3 aliphatic rings. The Labute approximate surface area is 145 Å². The molecule has 5 heteroatoms. The van der Waals surface area contributed by atoms with Crippen molar-refractivity contribution in [3.05, 3.63) is 23.8 Å². The summed E-state index contributed by atoms with van der Waals surface area (Å²) < 4.78 is 10.6. The van der Waals surface area contributed by atoms with Gasteiger partial charge in [0.2, 0.25) is 0 Å². The fraction of sp³-hybridized carbons (Fsp3) is 0.684. The van der Waals surface area contributed by atoms with Crippen molar-refractivity contribution in [2.75, 3.05) is 46.9 Å². The summed E-state index contributed by atoms with van der Waals surface area (Å²) in [4.78, 5) is 2.60. The van der Waals surface area contributed by atoms with Crippen molar-refractivity contribution in [1.29, 1.82) is 0 Å². The number of ether oxygens (including phenoxy) is 2. The Morgan fingerprint density at radius 2 is 1.88 bits per heavy atom. The van der Waals surface area contributed by atoms with Gasteiger partial charge in [0.25, 0.3) is 0 Å². The van der Waals surface area contributed by atoms with Crippen molar-refractivity contribution < 1.29 is 9.47 Å². The second-order valence-corrected chi connectivity index (χ2v) is 6.92. The minimum Gasteiger partial charge on any atom is -0.493 e. The molecule has 0 amide bonds. The van der Waals surface area contributed by atoms with Crippen LogP contribution in [0.1, 0.15) is 24.8 Å². The van der Waals surface area contributed by atoms with Crippen molar-refractivity contribution >= 4 is 0 Å². The second kappa shape index (κ2) is 8.70. The fourth-order valence-electron chi connectivity index (χ4n) is 3.92. The van der Waals surface area contributed by atoms with E-state index in [9.17, 15) is 0 Å². The zero-order chi connectivity index (χ0) is 16.8. The molecule has 3 aliphatic heterocycles. The number of piperidine rings is 3. The smallest absolute Gasteiger partial charge is 0.161 e. The summed E-state index contributed by atoms with van der Waals surface area (Å²) in [6.07, 6.45) is 3.93. The van der Waals surface area contributed by atoms with Crippen LogP contribution in [0.4, 0.5) is 0 Å². The van der Waals surface area contributed by atoms with Crippen molar-refractivity contribution in [3.63, 3.8) is 0 Å². The highest BCUT2D eigenvalue weighted by molar-refractivity contribution is 5.42. The Balaban J connectivity index is 1.31. The van der Waals surface area contributed by atoms with Crippen LogP contribution in [0.15, 0.2) is 18.2 Å². The van der Waals surface area contributed by atoms with Gasteiger partial charge in [-0.1, -0.05) is 6.07 Å². The van der Waals surface area contributed by atoms with Crippen molar-refractivity contribution in [3.8, 4) is 11.5 Å². The molecule has 1 atom stereocenters. The molecule has 0 aliphatic carbocycles. The number of nitrogens with zero attached hydrogens (tertiary/aromatic N) is 1. The highest BCUT2D eigenvalue weighted by Crippen LogP contribution is 2.28. The molecule has 0 aromatic heterocycles. The molecule has 2 N–H and O–H groups in total. The number of hydrogen-bond donors (Lipinski definition) is 2. The molecular weight excluding hydrogens is 302 g/mol. The van der Waals surface area contributed by atoms with Crippen molar-refractivity contribution in [1.82, 2.24) is 15.5 Å². The molecule has 1 aromatic carbocycles. The molecule has 4 rings (SSSR count). The zero-order valence-corrected chi connectivity index (χ0v) is 15.0. The molecule has 0 radical (unpaired) electrons. The third-order valence-electron chi connectivity index (χ3n) is 5.37. The lowest BCUT2D eigenvalue weighted by Gasteiger charge is -2.45. The predicted octanol–water partition coefficient (Wildman–Crippen LogP) is 1.87. The molecule has 1 aromatic rings. The molecule has 24 heavy (non-hydrogen) atoms. The predicted molar refractivity (Wildman–Crippen MR) is 96.8 cm³/mol. The fourth-order valence-corrected chi connectivity index (χ4v) is 3.92. The summed E-state index contributed by atoms with van der Waals surface area (Å²) in [5.41, 5.74) is 1.22. The normalized spacial score (nSPS) is 25.7. The summed E-state index contributed by atoms with van der Waals surface area (Å²) in [7, 11) is 3.34. The van der Waals surface area contributed by atoms with E-state index in [1.807, 2.05) is 12.1 Å². The van der Waals surface area contributed by atoms with E-state index in [-0.39, 0.29) is 0 Å². The summed E-state index contributed by atoms with van der Waals surface area (Å²) in [5, 5.41) is 7.28. The van der Waals surface area contributed by atoms with Gasteiger partial charge in [-0.15, -0.1) is 0 Å². The average Bonchev–Trinajstić information content (AvgIpc) is 2.65. The highest BCUT2D eigenvalue weighted by atomic mass is 16.5. The van der Waals surface area contributed by atoms with Gasteiger partial charge >= 0.3 is 0 Å². The number of methoxy groups -OCH3 is 2. The van der Waals surface area contributed by atoms with Crippen LogP contribution in [-0.4, -0.2) is 57.9 Å². The molecule has 5 nitrogen and oxygen atoms in total. The molecule has 134 valence electrons. The lowest BCUT2D eigenvalue weighted by molar-refractivity contribution is 0.0728. The summed E-state index contributed by atoms with van der Waals surface area (Å²) in [6.45, 7) is 6.88. The molecule has 2 bridgehead atoms. The van der Waals surface area contributed by atoms with Gasteiger partial charge < -0.3 is 25.0 Å². The summed E-state index contributed by atoms with van der Waals surface area (Å²) in [6, 6.07) is 6.81. The minimum atomic E-state index is 0.721. The third-order valence-corrected chi connectivity index (χ3v) is 5.37. The molecule has 0 spiro atoms. The average molecular weight is 333 g/mol. The zero-order valence-electron chi connectivity index (χ0n) is 15.0. The summed E-state index contributed by atoms with van der Waals surface area (Å²) in [5.74, 6) is 2.48. The topological polar surface area (TPSA) is 45.8 Å². The van der Waals surface area contributed by atoms with E-state index in [4.69, 9.17) is 9.47 Å². The van der Waals surface area contributed by atoms with Gasteiger partial charge in [-0.25, -0.2) is 0 Å². The number of nitrogens with one attached hydrogen (secondary N) is 2. The third kappa shape index (κ3) is 4.41. The van der Waals surface area contributed by atoms with Gasteiger partial charge in [0.1, 0.15) is 0 Å². The molecule has 0 saturated carbocycles.